The lowest BCUT2D eigenvalue weighted by Crippen LogP contribution is -2.49. The molecule has 0 spiro atoms. The summed E-state index contributed by atoms with van der Waals surface area (Å²) in [4.78, 5) is 15.0. The Kier molecular flexibility index (Phi) is 5.67. The molecule has 5 unspecified atom stereocenters. The van der Waals surface area contributed by atoms with Gasteiger partial charge in [-0.2, -0.15) is 0 Å². The fourth-order valence-corrected chi connectivity index (χ4v) is 3.59. The van der Waals surface area contributed by atoms with Crippen LogP contribution in [-0.2, 0) is 9.53 Å². The van der Waals surface area contributed by atoms with Crippen LogP contribution in [0.2, 0.25) is 0 Å². The van der Waals surface area contributed by atoms with Gasteiger partial charge in [-0.05, 0) is 38.0 Å². The van der Waals surface area contributed by atoms with Gasteiger partial charge in [-0.25, -0.2) is 0 Å². The molecule has 1 amide bonds. The highest BCUT2D eigenvalue weighted by atomic mass is 16.5. The quantitative estimate of drug-likeness (QED) is 0.819. The number of carbonyl (C=O) groups excluding carboxylic acids is 1. The van der Waals surface area contributed by atoms with Crippen LogP contribution in [-0.4, -0.2) is 41.8 Å². The molecular weight excluding hydrogens is 264 g/mol. The zero-order valence-corrected chi connectivity index (χ0v) is 14.3. The van der Waals surface area contributed by atoms with Gasteiger partial charge in [0.25, 0.3) is 0 Å². The van der Waals surface area contributed by atoms with Gasteiger partial charge in [0.15, 0.2) is 0 Å². The number of nitrogens with zero attached hydrogens (tertiary/aromatic N) is 1. The molecule has 21 heavy (non-hydrogen) atoms. The molecule has 2 fully saturated rings. The monoisotopic (exact) mass is 296 g/mol. The number of amides is 1. The van der Waals surface area contributed by atoms with Crippen molar-refractivity contribution in [2.45, 2.75) is 84.7 Å². The van der Waals surface area contributed by atoms with Gasteiger partial charge < -0.3 is 9.64 Å². The van der Waals surface area contributed by atoms with E-state index in [0.717, 1.165) is 32.3 Å². The molecule has 4 heteroatoms. The van der Waals surface area contributed by atoms with Crippen LogP contribution in [0.25, 0.3) is 0 Å². The molecule has 2 saturated heterocycles. The second-order valence-corrected chi connectivity index (χ2v) is 7.21. The van der Waals surface area contributed by atoms with E-state index in [1.54, 1.807) is 0 Å². The standard InChI is InChI=1S/C17H32N2O2/c1-6-12(4)16-17(20)19(15(18-16)10-11(2)3)13(5)14-8-7-9-21-14/h11-16,18H,6-10H2,1-5H3. The van der Waals surface area contributed by atoms with E-state index >= 15 is 0 Å². The third-order valence-corrected chi connectivity index (χ3v) is 5.08. The zero-order chi connectivity index (χ0) is 15.6. The largest absolute Gasteiger partial charge is 0.376 e. The zero-order valence-electron chi connectivity index (χ0n) is 14.3. The number of ether oxygens (including phenoxy) is 1. The number of hydrogen-bond acceptors (Lipinski definition) is 3. The molecule has 0 aromatic heterocycles. The average molecular weight is 296 g/mol. The minimum absolute atomic E-state index is 0.0254. The van der Waals surface area contributed by atoms with E-state index < -0.39 is 0 Å². The molecule has 0 saturated carbocycles. The van der Waals surface area contributed by atoms with Gasteiger partial charge in [0.05, 0.1) is 24.4 Å². The Hall–Kier alpha value is -0.610. The normalized spacial score (nSPS) is 33.0. The molecule has 0 aromatic rings. The predicted octanol–water partition coefficient (Wildman–Crippen LogP) is 2.77. The molecule has 122 valence electrons. The van der Waals surface area contributed by atoms with Crippen LogP contribution in [0.3, 0.4) is 0 Å². The number of hydrogen-bond donors (Lipinski definition) is 1. The van der Waals surface area contributed by atoms with E-state index in [4.69, 9.17) is 4.74 Å². The second kappa shape index (κ2) is 7.10. The molecule has 0 aromatic carbocycles. The Morgan fingerprint density at radius 1 is 1.33 bits per heavy atom. The van der Waals surface area contributed by atoms with Gasteiger partial charge in [-0.1, -0.05) is 34.1 Å². The lowest BCUT2D eigenvalue weighted by atomic mass is 9.99. The number of nitrogens with one attached hydrogen (secondary N) is 1. The van der Waals surface area contributed by atoms with Gasteiger partial charge in [-0.15, -0.1) is 0 Å². The summed E-state index contributed by atoms with van der Waals surface area (Å²) in [7, 11) is 0. The number of carbonyl (C=O) groups is 1. The topological polar surface area (TPSA) is 41.6 Å². The Labute approximate surface area is 129 Å². The lowest BCUT2D eigenvalue weighted by molar-refractivity contribution is -0.135. The van der Waals surface area contributed by atoms with Crippen LogP contribution in [0.15, 0.2) is 0 Å². The SMILES string of the molecule is CCC(C)C1NC(CC(C)C)N(C(C)C2CCCO2)C1=O. The smallest absolute Gasteiger partial charge is 0.241 e. The van der Waals surface area contributed by atoms with Crippen LogP contribution in [0.5, 0.6) is 0 Å². The van der Waals surface area contributed by atoms with Crippen molar-refractivity contribution < 1.29 is 9.53 Å². The van der Waals surface area contributed by atoms with Gasteiger partial charge in [-0.3, -0.25) is 10.1 Å². The predicted molar refractivity (Wildman–Crippen MR) is 84.9 cm³/mol. The van der Waals surface area contributed by atoms with Crippen molar-refractivity contribution in [3.63, 3.8) is 0 Å². The van der Waals surface area contributed by atoms with Crippen LogP contribution in [0.4, 0.5) is 0 Å². The Morgan fingerprint density at radius 3 is 2.57 bits per heavy atom. The van der Waals surface area contributed by atoms with E-state index in [9.17, 15) is 4.79 Å². The van der Waals surface area contributed by atoms with Crippen molar-refractivity contribution in [1.82, 2.24) is 10.2 Å². The molecule has 2 heterocycles. The van der Waals surface area contributed by atoms with Crippen molar-refractivity contribution in [2.75, 3.05) is 6.61 Å². The highest BCUT2D eigenvalue weighted by molar-refractivity contribution is 5.85. The first kappa shape index (κ1) is 16.8. The summed E-state index contributed by atoms with van der Waals surface area (Å²) in [5.74, 6) is 1.23. The summed E-state index contributed by atoms with van der Waals surface area (Å²) >= 11 is 0. The molecule has 2 aliphatic heterocycles. The van der Waals surface area contributed by atoms with Crippen LogP contribution in [0, 0.1) is 11.8 Å². The maximum absolute atomic E-state index is 12.9. The van der Waals surface area contributed by atoms with E-state index in [2.05, 4.69) is 44.8 Å². The molecule has 1 N–H and O–H groups in total. The van der Waals surface area contributed by atoms with Gasteiger partial charge in [0.1, 0.15) is 0 Å². The summed E-state index contributed by atoms with van der Waals surface area (Å²) in [5.41, 5.74) is 0. The van der Waals surface area contributed by atoms with Crippen molar-refractivity contribution in [2.24, 2.45) is 11.8 Å². The Morgan fingerprint density at radius 2 is 2.05 bits per heavy atom. The molecule has 0 bridgehead atoms. The Bertz CT molecular complexity index is 353. The first-order valence-electron chi connectivity index (χ1n) is 8.65. The molecule has 5 atom stereocenters. The summed E-state index contributed by atoms with van der Waals surface area (Å²) < 4.78 is 5.83. The first-order chi connectivity index (χ1) is 9.95. The molecule has 0 aliphatic carbocycles. The average Bonchev–Trinajstić information content (AvgIpc) is 3.05. The number of rotatable bonds is 6. The van der Waals surface area contributed by atoms with E-state index in [1.807, 2.05) is 0 Å². The van der Waals surface area contributed by atoms with Gasteiger partial charge in [0.2, 0.25) is 5.91 Å². The summed E-state index contributed by atoms with van der Waals surface area (Å²) in [6.07, 6.45) is 4.61. The van der Waals surface area contributed by atoms with Crippen LogP contribution >= 0.6 is 0 Å². The summed E-state index contributed by atoms with van der Waals surface area (Å²) in [6.45, 7) is 11.8. The van der Waals surface area contributed by atoms with E-state index in [-0.39, 0.29) is 30.3 Å². The Balaban J connectivity index is 2.14. The highest BCUT2D eigenvalue weighted by Crippen LogP contribution is 2.29. The second-order valence-electron chi connectivity index (χ2n) is 7.21. The van der Waals surface area contributed by atoms with Crippen molar-refractivity contribution in [1.29, 1.82) is 0 Å². The third-order valence-electron chi connectivity index (χ3n) is 5.08. The summed E-state index contributed by atoms with van der Waals surface area (Å²) in [5, 5.41) is 3.60. The minimum atomic E-state index is -0.0254. The van der Waals surface area contributed by atoms with E-state index in [1.165, 1.54) is 0 Å². The molecule has 4 nitrogen and oxygen atoms in total. The highest BCUT2D eigenvalue weighted by Gasteiger charge is 2.45. The van der Waals surface area contributed by atoms with E-state index in [0.29, 0.717) is 11.8 Å². The third kappa shape index (κ3) is 3.59. The minimum Gasteiger partial charge on any atom is -0.376 e. The lowest BCUT2D eigenvalue weighted by Gasteiger charge is -2.34. The van der Waals surface area contributed by atoms with Crippen molar-refractivity contribution in [3.8, 4) is 0 Å². The first-order valence-corrected chi connectivity index (χ1v) is 8.65. The maximum atomic E-state index is 12.9. The molecule has 0 radical (unpaired) electrons. The van der Waals surface area contributed by atoms with Crippen molar-refractivity contribution >= 4 is 5.91 Å². The fraction of sp³-hybridized carbons (Fsp3) is 0.941. The summed E-state index contributed by atoms with van der Waals surface area (Å²) in [6, 6.07) is 0.146. The molecule has 2 rings (SSSR count). The molecular formula is C17H32N2O2. The van der Waals surface area contributed by atoms with Crippen molar-refractivity contribution in [3.05, 3.63) is 0 Å². The fourth-order valence-electron chi connectivity index (χ4n) is 3.59. The van der Waals surface area contributed by atoms with Gasteiger partial charge in [0, 0.05) is 6.61 Å². The molecule has 2 aliphatic rings. The maximum Gasteiger partial charge on any atom is 0.241 e. The van der Waals surface area contributed by atoms with Crippen LogP contribution < -0.4 is 5.32 Å². The van der Waals surface area contributed by atoms with Gasteiger partial charge >= 0.3 is 0 Å². The van der Waals surface area contributed by atoms with Crippen LogP contribution in [0.1, 0.15) is 60.3 Å².